The SMILES string of the molecule is COC(=O)[C@H](C)Sc1nnc(-c2cccc(OC)c2)n1-c1ccc(C)cc1. The van der Waals surface area contributed by atoms with Crippen LogP contribution >= 0.6 is 11.8 Å². The van der Waals surface area contributed by atoms with Gasteiger partial charge in [-0.25, -0.2) is 0 Å². The summed E-state index contributed by atoms with van der Waals surface area (Å²) in [5.41, 5.74) is 2.95. The van der Waals surface area contributed by atoms with Gasteiger partial charge < -0.3 is 9.47 Å². The lowest BCUT2D eigenvalue weighted by Crippen LogP contribution is -2.15. The number of rotatable bonds is 6. The van der Waals surface area contributed by atoms with Crippen LogP contribution in [0.1, 0.15) is 12.5 Å². The van der Waals surface area contributed by atoms with Crippen LogP contribution in [0.4, 0.5) is 0 Å². The number of aryl methyl sites for hydroxylation is 1. The molecule has 0 N–H and O–H groups in total. The topological polar surface area (TPSA) is 66.2 Å². The molecule has 0 unspecified atom stereocenters. The van der Waals surface area contributed by atoms with Gasteiger partial charge >= 0.3 is 5.97 Å². The summed E-state index contributed by atoms with van der Waals surface area (Å²) >= 11 is 1.31. The lowest BCUT2D eigenvalue weighted by Gasteiger charge is -2.13. The third-order valence-electron chi connectivity index (χ3n) is 4.07. The average molecular weight is 383 g/mol. The second kappa shape index (κ2) is 8.26. The van der Waals surface area contributed by atoms with E-state index in [1.807, 2.05) is 60.0 Å². The summed E-state index contributed by atoms with van der Waals surface area (Å²) in [4.78, 5) is 11.9. The molecule has 0 aliphatic heterocycles. The molecule has 0 fully saturated rings. The number of hydrogen-bond donors (Lipinski definition) is 0. The Hall–Kier alpha value is -2.80. The Labute approximate surface area is 162 Å². The molecule has 1 heterocycles. The smallest absolute Gasteiger partial charge is 0.318 e. The Kier molecular flexibility index (Phi) is 5.81. The quantitative estimate of drug-likeness (QED) is 0.475. The first-order chi connectivity index (χ1) is 13.0. The molecule has 0 saturated carbocycles. The zero-order valence-corrected chi connectivity index (χ0v) is 16.5. The van der Waals surface area contributed by atoms with Crippen LogP contribution < -0.4 is 4.74 Å². The molecule has 3 rings (SSSR count). The minimum Gasteiger partial charge on any atom is -0.497 e. The van der Waals surface area contributed by atoms with Crippen molar-refractivity contribution in [2.24, 2.45) is 0 Å². The average Bonchev–Trinajstić information content (AvgIpc) is 3.11. The molecule has 0 saturated heterocycles. The van der Waals surface area contributed by atoms with E-state index in [9.17, 15) is 4.79 Å². The van der Waals surface area contributed by atoms with Crippen LogP contribution in [0.2, 0.25) is 0 Å². The Balaban J connectivity index is 2.10. The number of methoxy groups -OCH3 is 2. The third kappa shape index (κ3) is 4.14. The van der Waals surface area contributed by atoms with Gasteiger partial charge in [-0.05, 0) is 38.1 Å². The standard InChI is InChI=1S/C20H21N3O3S/c1-13-8-10-16(11-9-13)23-18(15-6-5-7-17(12-15)25-3)21-22-20(23)27-14(2)19(24)26-4/h5-12,14H,1-4H3/t14-/m0/s1. The van der Waals surface area contributed by atoms with Crippen molar-refractivity contribution >= 4 is 17.7 Å². The van der Waals surface area contributed by atoms with Crippen LogP contribution in [0.25, 0.3) is 17.1 Å². The Morgan fingerprint density at radius 3 is 2.52 bits per heavy atom. The first kappa shape index (κ1) is 19.0. The molecule has 0 aliphatic rings. The number of benzene rings is 2. The number of carbonyl (C=O) groups excluding carboxylic acids is 1. The Morgan fingerprint density at radius 1 is 1.11 bits per heavy atom. The highest BCUT2D eigenvalue weighted by molar-refractivity contribution is 8.00. The van der Waals surface area contributed by atoms with Gasteiger partial charge in [-0.3, -0.25) is 9.36 Å². The summed E-state index contributed by atoms with van der Waals surface area (Å²) < 4.78 is 12.1. The van der Waals surface area contributed by atoms with Crippen molar-refractivity contribution in [2.45, 2.75) is 24.3 Å². The Bertz CT molecular complexity index is 938. The summed E-state index contributed by atoms with van der Waals surface area (Å²) in [5.74, 6) is 1.11. The van der Waals surface area contributed by atoms with Gasteiger partial charge in [-0.2, -0.15) is 0 Å². The zero-order chi connectivity index (χ0) is 19.4. The molecular formula is C20H21N3O3S. The summed E-state index contributed by atoms with van der Waals surface area (Å²) in [5, 5.41) is 8.93. The normalized spacial score (nSPS) is 11.9. The molecule has 0 bridgehead atoms. The van der Waals surface area contributed by atoms with E-state index in [4.69, 9.17) is 9.47 Å². The fraction of sp³-hybridized carbons (Fsp3) is 0.250. The van der Waals surface area contributed by atoms with Gasteiger partial charge in [0.2, 0.25) is 0 Å². The molecule has 1 aromatic heterocycles. The molecule has 140 valence electrons. The number of esters is 1. The summed E-state index contributed by atoms with van der Waals surface area (Å²) in [6.45, 7) is 3.82. The van der Waals surface area contributed by atoms with Crippen molar-refractivity contribution in [3.8, 4) is 22.8 Å². The molecule has 1 atom stereocenters. The van der Waals surface area contributed by atoms with Gasteiger partial charge in [0.15, 0.2) is 11.0 Å². The van der Waals surface area contributed by atoms with Crippen molar-refractivity contribution in [3.63, 3.8) is 0 Å². The minimum absolute atomic E-state index is 0.304. The highest BCUT2D eigenvalue weighted by Crippen LogP contribution is 2.31. The molecular weight excluding hydrogens is 362 g/mol. The second-order valence-electron chi connectivity index (χ2n) is 5.99. The molecule has 7 heteroatoms. The van der Waals surface area contributed by atoms with E-state index < -0.39 is 5.25 Å². The molecule has 0 spiro atoms. The molecule has 0 aliphatic carbocycles. The number of nitrogens with zero attached hydrogens (tertiary/aromatic N) is 3. The van der Waals surface area contributed by atoms with E-state index in [2.05, 4.69) is 10.2 Å². The zero-order valence-electron chi connectivity index (χ0n) is 15.7. The number of ether oxygens (including phenoxy) is 2. The van der Waals surface area contributed by atoms with Crippen molar-refractivity contribution in [2.75, 3.05) is 14.2 Å². The van der Waals surface area contributed by atoms with E-state index in [-0.39, 0.29) is 5.97 Å². The van der Waals surface area contributed by atoms with Crippen LogP contribution in [-0.4, -0.2) is 40.2 Å². The largest absolute Gasteiger partial charge is 0.497 e. The van der Waals surface area contributed by atoms with E-state index in [0.717, 1.165) is 22.6 Å². The van der Waals surface area contributed by atoms with Gasteiger partial charge in [-0.1, -0.05) is 41.6 Å². The molecule has 27 heavy (non-hydrogen) atoms. The second-order valence-corrected chi connectivity index (χ2v) is 7.30. The van der Waals surface area contributed by atoms with E-state index in [1.165, 1.54) is 18.9 Å². The van der Waals surface area contributed by atoms with Crippen LogP contribution in [-0.2, 0) is 9.53 Å². The van der Waals surface area contributed by atoms with Crippen molar-refractivity contribution in [1.82, 2.24) is 14.8 Å². The van der Waals surface area contributed by atoms with E-state index >= 15 is 0 Å². The van der Waals surface area contributed by atoms with Crippen LogP contribution in [0, 0.1) is 6.92 Å². The maximum atomic E-state index is 11.9. The molecule has 3 aromatic rings. The lowest BCUT2D eigenvalue weighted by atomic mass is 10.2. The molecule has 0 amide bonds. The monoisotopic (exact) mass is 383 g/mol. The van der Waals surface area contributed by atoms with Crippen molar-refractivity contribution < 1.29 is 14.3 Å². The Morgan fingerprint density at radius 2 is 1.85 bits per heavy atom. The van der Waals surface area contributed by atoms with Gasteiger partial charge in [0.05, 0.1) is 14.2 Å². The van der Waals surface area contributed by atoms with Gasteiger partial charge in [0, 0.05) is 11.3 Å². The third-order valence-corrected chi connectivity index (χ3v) is 5.09. The van der Waals surface area contributed by atoms with E-state index in [0.29, 0.717) is 11.0 Å². The number of aromatic nitrogens is 3. The highest BCUT2D eigenvalue weighted by Gasteiger charge is 2.22. The maximum absolute atomic E-state index is 11.9. The number of thioether (sulfide) groups is 1. The molecule has 0 radical (unpaired) electrons. The predicted octanol–water partition coefficient (Wildman–Crippen LogP) is 3.90. The first-order valence-electron chi connectivity index (χ1n) is 8.45. The minimum atomic E-state index is -0.401. The number of hydrogen-bond acceptors (Lipinski definition) is 6. The van der Waals surface area contributed by atoms with E-state index in [1.54, 1.807) is 14.0 Å². The fourth-order valence-corrected chi connectivity index (χ4v) is 3.49. The lowest BCUT2D eigenvalue weighted by molar-refractivity contribution is -0.139. The number of carbonyl (C=O) groups is 1. The first-order valence-corrected chi connectivity index (χ1v) is 9.33. The summed E-state index contributed by atoms with van der Waals surface area (Å²) in [7, 11) is 3.01. The van der Waals surface area contributed by atoms with Crippen LogP contribution in [0.5, 0.6) is 5.75 Å². The van der Waals surface area contributed by atoms with Crippen LogP contribution in [0.15, 0.2) is 53.7 Å². The van der Waals surface area contributed by atoms with Crippen molar-refractivity contribution in [1.29, 1.82) is 0 Å². The molecule has 2 aromatic carbocycles. The highest BCUT2D eigenvalue weighted by atomic mass is 32.2. The summed E-state index contributed by atoms with van der Waals surface area (Å²) in [6.07, 6.45) is 0. The predicted molar refractivity (Wildman–Crippen MR) is 105 cm³/mol. The van der Waals surface area contributed by atoms with Gasteiger partial charge in [0.25, 0.3) is 0 Å². The molecule has 6 nitrogen and oxygen atoms in total. The van der Waals surface area contributed by atoms with Gasteiger partial charge in [0.1, 0.15) is 11.0 Å². The van der Waals surface area contributed by atoms with Gasteiger partial charge in [-0.15, -0.1) is 10.2 Å². The summed E-state index contributed by atoms with van der Waals surface area (Å²) in [6, 6.07) is 15.7. The van der Waals surface area contributed by atoms with Crippen molar-refractivity contribution in [3.05, 3.63) is 54.1 Å². The fourth-order valence-electron chi connectivity index (χ4n) is 2.59. The van der Waals surface area contributed by atoms with Crippen LogP contribution in [0.3, 0.4) is 0 Å². The maximum Gasteiger partial charge on any atom is 0.318 e.